The zero-order valence-corrected chi connectivity index (χ0v) is 16.3. The molecule has 0 spiro atoms. The van der Waals surface area contributed by atoms with Gasteiger partial charge in [0.25, 0.3) is 0 Å². The van der Waals surface area contributed by atoms with E-state index in [9.17, 15) is 4.79 Å². The van der Waals surface area contributed by atoms with Crippen molar-refractivity contribution in [3.05, 3.63) is 41.7 Å². The van der Waals surface area contributed by atoms with Crippen molar-refractivity contribution >= 4 is 5.97 Å². The molecule has 0 amide bonds. The smallest absolute Gasteiger partial charge is 0.314 e. The number of benzene rings is 1. The van der Waals surface area contributed by atoms with Crippen LogP contribution in [-0.2, 0) is 17.6 Å². The lowest BCUT2D eigenvalue weighted by atomic mass is 9.83. The largest absolute Gasteiger partial charge is 0.426 e. The van der Waals surface area contributed by atoms with E-state index < -0.39 is 0 Å². The van der Waals surface area contributed by atoms with E-state index in [0.717, 1.165) is 55.8 Å². The summed E-state index contributed by atoms with van der Waals surface area (Å²) in [5.41, 5.74) is 3.42. The number of hydrogen-bond acceptors (Lipinski definition) is 4. The molecule has 0 aliphatic heterocycles. The zero-order valence-electron chi connectivity index (χ0n) is 16.3. The molecule has 1 aromatic carbocycles. The van der Waals surface area contributed by atoms with Crippen molar-refractivity contribution in [2.75, 3.05) is 0 Å². The Hall–Kier alpha value is -2.23. The van der Waals surface area contributed by atoms with Crippen LogP contribution in [0.5, 0.6) is 5.75 Å². The number of hydrogen-bond donors (Lipinski definition) is 0. The maximum atomic E-state index is 12.4. The van der Waals surface area contributed by atoms with Gasteiger partial charge < -0.3 is 4.74 Å². The first kappa shape index (κ1) is 18.1. The van der Waals surface area contributed by atoms with Crippen LogP contribution >= 0.6 is 0 Å². The lowest BCUT2D eigenvalue weighted by Gasteiger charge is -2.24. The van der Waals surface area contributed by atoms with Crippen molar-refractivity contribution in [1.29, 1.82) is 0 Å². The van der Waals surface area contributed by atoms with E-state index >= 15 is 0 Å². The first-order chi connectivity index (χ1) is 13.1. The van der Waals surface area contributed by atoms with Crippen LogP contribution in [-0.4, -0.2) is 15.9 Å². The van der Waals surface area contributed by atoms with Crippen molar-refractivity contribution in [1.82, 2.24) is 9.97 Å². The quantitative estimate of drug-likeness (QED) is 0.568. The van der Waals surface area contributed by atoms with Crippen LogP contribution < -0.4 is 4.74 Å². The molecule has 142 valence electrons. The van der Waals surface area contributed by atoms with Crippen LogP contribution in [0.1, 0.15) is 57.2 Å². The zero-order chi connectivity index (χ0) is 18.8. The molecule has 4 heteroatoms. The highest BCUT2D eigenvalue weighted by Crippen LogP contribution is 2.30. The van der Waals surface area contributed by atoms with Gasteiger partial charge in [0.05, 0.1) is 5.92 Å². The Balaban J connectivity index is 1.42. The molecular formula is C23H28N2O2. The van der Waals surface area contributed by atoms with Gasteiger partial charge in [0, 0.05) is 17.5 Å². The summed E-state index contributed by atoms with van der Waals surface area (Å²) < 4.78 is 5.60. The van der Waals surface area contributed by atoms with Gasteiger partial charge in [-0.05, 0) is 86.6 Å². The molecule has 2 aliphatic carbocycles. The highest BCUT2D eigenvalue weighted by Gasteiger charge is 2.26. The molecule has 0 N–H and O–H groups in total. The second-order valence-electron chi connectivity index (χ2n) is 8.42. The third kappa shape index (κ3) is 4.20. The summed E-state index contributed by atoms with van der Waals surface area (Å²) in [4.78, 5) is 21.7. The molecule has 0 radical (unpaired) electrons. The Kier molecular flexibility index (Phi) is 5.24. The second kappa shape index (κ2) is 7.79. The summed E-state index contributed by atoms with van der Waals surface area (Å²) in [5, 5.41) is 0. The Morgan fingerprint density at radius 2 is 1.74 bits per heavy atom. The second-order valence-corrected chi connectivity index (χ2v) is 8.42. The SMILES string of the molecule is CC1CCC(C(=O)Oc2ccc(-c3ncc4c(n3)CCC(C)C4)cc2)CC1. The molecule has 2 aromatic rings. The van der Waals surface area contributed by atoms with Crippen molar-refractivity contribution in [3.8, 4) is 17.1 Å². The number of ether oxygens (including phenoxy) is 1. The Morgan fingerprint density at radius 3 is 2.48 bits per heavy atom. The fraction of sp³-hybridized carbons (Fsp3) is 0.522. The third-order valence-corrected chi connectivity index (χ3v) is 6.08. The topological polar surface area (TPSA) is 52.1 Å². The summed E-state index contributed by atoms with van der Waals surface area (Å²) in [6.45, 7) is 4.54. The van der Waals surface area contributed by atoms with E-state index in [1.807, 2.05) is 30.5 Å². The molecule has 1 aromatic heterocycles. The highest BCUT2D eigenvalue weighted by atomic mass is 16.5. The van der Waals surface area contributed by atoms with Gasteiger partial charge in [-0.3, -0.25) is 4.79 Å². The number of esters is 1. The molecule has 27 heavy (non-hydrogen) atoms. The Bertz CT molecular complexity index is 808. The molecule has 4 nitrogen and oxygen atoms in total. The van der Waals surface area contributed by atoms with E-state index in [2.05, 4.69) is 18.8 Å². The predicted octanol–water partition coefficient (Wildman–Crippen LogP) is 5.00. The van der Waals surface area contributed by atoms with Crippen LogP contribution in [0.2, 0.25) is 0 Å². The molecule has 1 fully saturated rings. The summed E-state index contributed by atoms with van der Waals surface area (Å²) in [5.74, 6) is 2.76. The monoisotopic (exact) mass is 364 g/mol. The third-order valence-electron chi connectivity index (χ3n) is 6.08. The predicted molar refractivity (Wildman–Crippen MR) is 105 cm³/mol. The van der Waals surface area contributed by atoms with Gasteiger partial charge in [0.1, 0.15) is 5.75 Å². The summed E-state index contributed by atoms with van der Waals surface area (Å²) >= 11 is 0. The standard InChI is InChI=1S/C23H28N2O2/c1-15-3-6-18(7-4-15)23(26)27-20-10-8-17(9-11-20)22-24-14-19-13-16(2)5-12-21(19)25-22/h8-11,14-16,18H,3-7,12-13H2,1-2H3. The fourth-order valence-electron chi connectivity index (χ4n) is 4.20. The number of aromatic nitrogens is 2. The maximum Gasteiger partial charge on any atom is 0.314 e. The van der Waals surface area contributed by atoms with Gasteiger partial charge in [-0.25, -0.2) is 9.97 Å². The maximum absolute atomic E-state index is 12.4. The van der Waals surface area contributed by atoms with Crippen molar-refractivity contribution in [2.45, 2.75) is 58.8 Å². The van der Waals surface area contributed by atoms with Crippen molar-refractivity contribution in [2.24, 2.45) is 17.8 Å². The van der Waals surface area contributed by atoms with Crippen LogP contribution in [0.15, 0.2) is 30.5 Å². The molecule has 4 rings (SSSR count). The highest BCUT2D eigenvalue weighted by molar-refractivity contribution is 5.75. The molecule has 1 saturated carbocycles. The van der Waals surface area contributed by atoms with E-state index in [1.165, 1.54) is 17.7 Å². The minimum atomic E-state index is -0.0891. The van der Waals surface area contributed by atoms with Crippen LogP contribution in [0.4, 0.5) is 0 Å². The lowest BCUT2D eigenvalue weighted by Crippen LogP contribution is -2.24. The molecule has 0 saturated heterocycles. The lowest BCUT2D eigenvalue weighted by molar-refractivity contribution is -0.140. The van der Waals surface area contributed by atoms with E-state index in [0.29, 0.717) is 11.7 Å². The van der Waals surface area contributed by atoms with E-state index in [4.69, 9.17) is 9.72 Å². The molecule has 1 atom stereocenters. The number of aryl methyl sites for hydroxylation is 1. The first-order valence-electron chi connectivity index (χ1n) is 10.3. The summed E-state index contributed by atoms with van der Waals surface area (Å²) in [6.07, 6.45) is 9.40. The van der Waals surface area contributed by atoms with Gasteiger partial charge in [0.15, 0.2) is 5.82 Å². The Morgan fingerprint density at radius 1 is 1.00 bits per heavy atom. The van der Waals surface area contributed by atoms with Crippen molar-refractivity contribution in [3.63, 3.8) is 0 Å². The van der Waals surface area contributed by atoms with E-state index in [-0.39, 0.29) is 11.9 Å². The minimum absolute atomic E-state index is 0.0484. The summed E-state index contributed by atoms with van der Waals surface area (Å²) in [7, 11) is 0. The average molecular weight is 364 g/mol. The minimum Gasteiger partial charge on any atom is -0.426 e. The Labute approximate surface area is 161 Å². The average Bonchev–Trinajstić information content (AvgIpc) is 2.68. The molecular weight excluding hydrogens is 336 g/mol. The van der Waals surface area contributed by atoms with E-state index in [1.54, 1.807) is 0 Å². The van der Waals surface area contributed by atoms with Crippen LogP contribution in [0.25, 0.3) is 11.4 Å². The molecule has 1 heterocycles. The number of rotatable bonds is 3. The van der Waals surface area contributed by atoms with Crippen molar-refractivity contribution < 1.29 is 9.53 Å². The van der Waals surface area contributed by atoms with Gasteiger partial charge in [0.2, 0.25) is 0 Å². The summed E-state index contributed by atoms with van der Waals surface area (Å²) in [6, 6.07) is 7.59. The van der Waals surface area contributed by atoms with Crippen LogP contribution in [0, 0.1) is 17.8 Å². The van der Waals surface area contributed by atoms with Gasteiger partial charge in [-0.2, -0.15) is 0 Å². The molecule has 0 bridgehead atoms. The molecule has 1 unspecified atom stereocenters. The normalized spacial score (nSPS) is 24.9. The number of carbonyl (C=O) groups is 1. The number of fused-ring (bicyclic) bond motifs is 1. The van der Waals surface area contributed by atoms with Gasteiger partial charge in [-0.1, -0.05) is 13.8 Å². The van der Waals surface area contributed by atoms with Crippen LogP contribution in [0.3, 0.4) is 0 Å². The molecule has 2 aliphatic rings. The van der Waals surface area contributed by atoms with Gasteiger partial charge >= 0.3 is 5.97 Å². The fourth-order valence-corrected chi connectivity index (χ4v) is 4.20. The van der Waals surface area contributed by atoms with Gasteiger partial charge in [-0.15, -0.1) is 0 Å². The number of nitrogens with zero attached hydrogens (tertiary/aromatic N) is 2. The first-order valence-corrected chi connectivity index (χ1v) is 10.3. The number of carbonyl (C=O) groups excluding carboxylic acids is 1.